The van der Waals surface area contributed by atoms with E-state index >= 15 is 0 Å². The van der Waals surface area contributed by atoms with Crippen LogP contribution in [-0.4, -0.2) is 25.0 Å². The van der Waals surface area contributed by atoms with Gasteiger partial charge in [-0.25, -0.2) is 4.79 Å². The maximum atomic E-state index is 11.5. The second-order valence-corrected chi connectivity index (χ2v) is 3.95. The van der Waals surface area contributed by atoms with E-state index in [-0.39, 0.29) is 11.8 Å². The quantitative estimate of drug-likeness (QED) is 0.413. The first-order valence-electron chi connectivity index (χ1n) is 5.50. The van der Waals surface area contributed by atoms with Crippen LogP contribution >= 0.6 is 0 Å². The molecule has 1 aliphatic rings. The number of esters is 1. The van der Waals surface area contributed by atoms with E-state index in [1.165, 1.54) is 7.11 Å². The first-order chi connectivity index (χ1) is 7.69. The minimum atomic E-state index is -0.550. The molecule has 1 atom stereocenters. The number of carbonyl (C=O) groups is 2. The first kappa shape index (κ1) is 12.6. The minimum Gasteiger partial charge on any atom is -0.467 e. The molecule has 88 valence electrons. The summed E-state index contributed by atoms with van der Waals surface area (Å²) in [5.74, 6) is 2.16. The highest BCUT2D eigenvalue weighted by atomic mass is 16.5. The van der Waals surface area contributed by atoms with Crippen LogP contribution in [0.15, 0.2) is 0 Å². The predicted octanol–water partition coefficient (Wildman–Crippen LogP) is 0.858. The lowest BCUT2D eigenvalue weighted by molar-refractivity contribution is -0.145. The van der Waals surface area contributed by atoms with Gasteiger partial charge in [-0.2, -0.15) is 0 Å². The average molecular weight is 223 g/mol. The molecule has 0 aromatic carbocycles. The zero-order valence-electron chi connectivity index (χ0n) is 9.49. The maximum absolute atomic E-state index is 11.5. The lowest BCUT2D eigenvalue weighted by Gasteiger charge is -2.15. The molecule has 1 saturated carbocycles. The highest BCUT2D eigenvalue weighted by molar-refractivity contribution is 5.86. The Morgan fingerprint density at radius 3 is 2.75 bits per heavy atom. The van der Waals surface area contributed by atoms with E-state index in [0.29, 0.717) is 19.3 Å². The normalized spacial score (nSPS) is 16.0. The van der Waals surface area contributed by atoms with E-state index < -0.39 is 12.0 Å². The molecule has 1 amide bonds. The Bertz CT molecular complexity index is 302. The Kier molecular flexibility index (Phi) is 4.84. The summed E-state index contributed by atoms with van der Waals surface area (Å²) in [5.41, 5.74) is 0. The molecule has 0 aromatic rings. The van der Waals surface area contributed by atoms with Crippen LogP contribution in [0.4, 0.5) is 0 Å². The van der Waals surface area contributed by atoms with Gasteiger partial charge in [-0.15, -0.1) is 12.3 Å². The third-order valence-corrected chi connectivity index (χ3v) is 2.56. The molecule has 4 nitrogen and oxygen atoms in total. The smallest absolute Gasteiger partial charge is 0.328 e. The van der Waals surface area contributed by atoms with Gasteiger partial charge in [0.05, 0.1) is 7.11 Å². The summed E-state index contributed by atoms with van der Waals surface area (Å²) in [4.78, 5) is 22.9. The number of nitrogens with one attached hydrogen (secondary N) is 1. The molecule has 16 heavy (non-hydrogen) atoms. The van der Waals surface area contributed by atoms with Crippen LogP contribution < -0.4 is 5.32 Å². The van der Waals surface area contributed by atoms with Crippen molar-refractivity contribution in [1.82, 2.24) is 5.32 Å². The Hall–Kier alpha value is -1.50. The van der Waals surface area contributed by atoms with Crippen LogP contribution in [0.1, 0.15) is 32.1 Å². The van der Waals surface area contributed by atoms with E-state index in [2.05, 4.69) is 16.0 Å². The summed E-state index contributed by atoms with van der Waals surface area (Å²) in [7, 11) is 1.32. The monoisotopic (exact) mass is 223 g/mol. The molecule has 0 saturated heterocycles. The number of methoxy groups -OCH3 is 1. The van der Waals surface area contributed by atoms with E-state index in [0.717, 1.165) is 12.8 Å². The summed E-state index contributed by atoms with van der Waals surface area (Å²) >= 11 is 0. The minimum absolute atomic E-state index is 0.0453. The van der Waals surface area contributed by atoms with E-state index in [9.17, 15) is 9.59 Å². The molecular formula is C12H17NO3. The fraction of sp³-hybridized carbons (Fsp3) is 0.667. The summed E-state index contributed by atoms with van der Waals surface area (Å²) in [6, 6.07) is -0.550. The van der Waals surface area contributed by atoms with Gasteiger partial charge in [-0.1, -0.05) is 0 Å². The van der Waals surface area contributed by atoms with Gasteiger partial charge in [0, 0.05) is 12.3 Å². The molecular weight excluding hydrogens is 206 g/mol. The summed E-state index contributed by atoms with van der Waals surface area (Å²) in [5, 5.41) is 2.71. The third kappa shape index (κ3) is 3.93. The number of unbranched alkanes of at least 4 members (excludes halogenated alkanes) is 1. The summed E-state index contributed by atoms with van der Waals surface area (Å²) in [6.07, 6.45) is 8.82. The fourth-order valence-corrected chi connectivity index (χ4v) is 1.43. The van der Waals surface area contributed by atoms with Crippen LogP contribution in [0.2, 0.25) is 0 Å². The van der Waals surface area contributed by atoms with Gasteiger partial charge in [-0.3, -0.25) is 4.79 Å². The van der Waals surface area contributed by atoms with Gasteiger partial charge >= 0.3 is 5.97 Å². The van der Waals surface area contributed by atoms with Crippen molar-refractivity contribution in [3.63, 3.8) is 0 Å². The van der Waals surface area contributed by atoms with Crippen LogP contribution in [0, 0.1) is 18.3 Å². The lowest BCUT2D eigenvalue weighted by atomic mass is 10.1. The molecule has 1 aliphatic carbocycles. The van der Waals surface area contributed by atoms with Crippen molar-refractivity contribution in [1.29, 1.82) is 0 Å². The molecule has 0 heterocycles. The Morgan fingerprint density at radius 2 is 2.25 bits per heavy atom. The third-order valence-electron chi connectivity index (χ3n) is 2.56. The predicted molar refractivity (Wildman–Crippen MR) is 59.4 cm³/mol. The Balaban J connectivity index is 2.39. The lowest BCUT2D eigenvalue weighted by Crippen LogP contribution is -2.42. The number of amides is 1. The summed E-state index contributed by atoms with van der Waals surface area (Å²) in [6.45, 7) is 0. The SMILES string of the molecule is C#CCCC[C@H](NC(=O)C1CC1)C(=O)OC. The van der Waals surface area contributed by atoms with Crippen molar-refractivity contribution in [2.24, 2.45) is 5.92 Å². The molecule has 0 radical (unpaired) electrons. The molecule has 0 unspecified atom stereocenters. The van der Waals surface area contributed by atoms with Crippen molar-refractivity contribution < 1.29 is 14.3 Å². The molecule has 1 fully saturated rings. The standard InChI is InChI=1S/C12H17NO3/c1-3-4-5-6-10(12(15)16-2)13-11(14)9-7-8-9/h1,9-10H,4-8H2,2H3,(H,13,14)/t10-/m0/s1. The van der Waals surface area contributed by atoms with Gasteiger partial charge in [0.15, 0.2) is 0 Å². The highest BCUT2D eigenvalue weighted by Crippen LogP contribution is 2.29. The van der Waals surface area contributed by atoms with Crippen LogP contribution in [0.5, 0.6) is 0 Å². The molecule has 1 rings (SSSR count). The fourth-order valence-electron chi connectivity index (χ4n) is 1.43. The van der Waals surface area contributed by atoms with Crippen molar-refractivity contribution >= 4 is 11.9 Å². The van der Waals surface area contributed by atoms with Gasteiger partial charge in [0.2, 0.25) is 5.91 Å². The topological polar surface area (TPSA) is 55.4 Å². The molecule has 1 N–H and O–H groups in total. The van der Waals surface area contributed by atoms with Gasteiger partial charge in [0.1, 0.15) is 6.04 Å². The molecule has 0 aliphatic heterocycles. The zero-order valence-corrected chi connectivity index (χ0v) is 9.49. The van der Waals surface area contributed by atoms with Gasteiger partial charge < -0.3 is 10.1 Å². The van der Waals surface area contributed by atoms with E-state index in [1.807, 2.05) is 0 Å². The van der Waals surface area contributed by atoms with Crippen molar-refractivity contribution in [2.75, 3.05) is 7.11 Å². The Labute approximate surface area is 95.7 Å². The van der Waals surface area contributed by atoms with E-state index in [4.69, 9.17) is 6.42 Å². The number of ether oxygens (including phenoxy) is 1. The maximum Gasteiger partial charge on any atom is 0.328 e. The van der Waals surface area contributed by atoms with Crippen LogP contribution in [0.25, 0.3) is 0 Å². The number of terminal acetylenes is 1. The van der Waals surface area contributed by atoms with Crippen molar-refractivity contribution in [3.8, 4) is 12.3 Å². The number of hydrogen-bond donors (Lipinski definition) is 1. The van der Waals surface area contributed by atoms with E-state index in [1.54, 1.807) is 0 Å². The van der Waals surface area contributed by atoms with Crippen molar-refractivity contribution in [3.05, 3.63) is 0 Å². The van der Waals surface area contributed by atoms with Gasteiger partial charge in [-0.05, 0) is 25.7 Å². The van der Waals surface area contributed by atoms with Gasteiger partial charge in [0.25, 0.3) is 0 Å². The number of rotatable bonds is 6. The number of hydrogen-bond acceptors (Lipinski definition) is 3. The second-order valence-electron chi connectivity index (χ2n) is 3.95. The van der Waals surface area contributed by atoms with Crippen LogP contribution in [-0.2, 0) is 14.3 Å². The molecule has 0 aromatic heterocycles. The molecule has 0 bridgehead atoms. The summed E-state index contributed by atoms with van der Waals surface area (Å²) < 4.78 is 4.64. The molecule has 4 heteroatoms. The second kappa shape index (κ2) is 6.16. The Morgan fingerprint density at radius 1 is 1.56 bits per heavy atom. The molecule has 0 spiro atoms. The zero-order chi connectivity index (χ0) is 12.0. The van der Waals surface area contributed by atoms with Crippen molar-refractivity contribution in [2.45, 2.75) is 38.1 Å². The largest absolute Gasteiger partial charge is 0.467 e. The first-order valence-corrected chi connectivity index (χ1v) is 5.50. The van der Waals surface area contributed by atoms with Crippen LogP contribution in [0.3, 0.4) is 0 Å². The number of carbonyl (C=O) groups excluding carboxylic acids is 2. The highest BCUT2D eigenvalue weighted by Gasteiger charge is 2.32. The average Bonchev–Trinajstić information content (AvgIpc) is 3.10.